The van der Waals surface area contributed by atoms with Crippen molar-refractivity contribution in [3.63, 3.8) is 0 Å². The molecule has 1 fully saturated rings. The lowest BCUT2D eigenvalue weighted by molar-refractivity contribution is -0.0153. The predicted molar refractivity (Wildman–Crippen MR) is 74.2 cm³/mol. The molecule has 1 aliphatic rings. The molecule has 4 heteroatoms. The Labute approximate surface area is 108 Å². The lowest BCUT2D eigenvalue weighted by Gasteiger charge is -2.56. The maximum Gasteiger partial charge on any atom is 0.410 e. The molecule has 1 aliphatic heterocycles. The minimum atomic E-state index is -1.68. The van der Waals surface area contributed by atoms with Crippen molar-refractivity contribution in [1.82, 2.24) is 4.57 Å². The van der Waals surface area contributed by atoms with Gasteiger partial charge in [0.1, 0.15) is 0 Å². The van der Waals surface area contributed by atoms with Crippen molar-refractivity contribution in [2.75, 3.05) is 20.8 Å². The highest BCUT2D eigenvalue weighted by Gasteiger charge is 2.49. The summed E-state index contributed by atoms with van der Waals surface area (Å²) >= 11 is 0. The monoisotopic (exact) mass is 259 g/mol. The van der Waals surface area contributed by atoms with Gasteiger partial charge in [-0.25, -0.2) is 0 Å². The van der Waals surface area contributed by atoms with E-state index in [1.165, 1.54) is 25.7 Å². The number of piperidine rings is 1. The Morgan fingerprint density at radius 2 is 1.76 bits per heavy atom. The first-order valence-electron chi connectivity index (χ1n) is 6.75. The third-order valence-corrected chi connectivity index (χ3v) is 6.50. The Kier molecular flexibility index (Phi) is 5.19. The number of rotatable bonds is 4. The summed E-state index contributed by atoms with van der Waals surface area (Å²) in [5.74, 6) is 0. The SMILES string of the molecule is CCC1(C(C)(C)C)CCCCN1[SiH](OC)OC. The van der Waals surface area contributed by atoms with E-state index in [2.05, 4.69) is 32.3 Å². The summed E-state index contributed by atoms with van der Waals surface area (Å²) in [6.07, 6.45) is 5.04. The summed E-state index contributed by atoms with van der Waals surface area (Å²) in [4.78, 5) is 0. The number of hydrogen-bond donors (Lipinski definition) is 0. The molecule has 102 valence electrons. The fourth-order valence-electron chi connectivity index (χ4n) is 3.43. The smallest absolute Gasteiger partial charge is 0.388 e. The fraction of sp³-hybridized carbons (Fsp3) is 1.00. The van der Waals surface area contributed by atoms with Crippen molar-refractivity contribution in [3.05, 3.63) is 0 Å². The average Bonchev–Trinajstić information content (AvgIpc) is 2.30. The van der Waals surface area contributed by atoms with Crippen LogP contribution in [0.4, 0.5) is 0 Å². The van der Waals surface area contributed by atoms with Gasteiger partial charge in [-0.15, -0.1) is 0 Å². The van der Waals surface area contributed by atoms with E-state index in [1.54, 1.807) is 14.2 Å². The summed E-state index contributed by atoms with van der Waals surface area (Å²) < 4.78 is 13.8. The highest BCUT2D eigenvalue weighted by Crippen LogP contribution is 2.45. The van der Waals surface area contributed by atoms with E-state index in [0.29, 0.717) is 0 Å². The van der Waals surface area contributed by atoms with E-state index >= 15 is 0 Å². The molecule has 0 aromatic rings. The molecule has 0 radical (unpaired) electrons. The van der Waals surface area contributed by atoms with E-state index in [-0.39, 0.29) is 11.0 Å². The normalized spacial score (nSPS) is 27.7. The van der Waals surface area contributed by atoms with Crippen molar-refractivity contribution in [2.24, 2.45) is 5.41 Å². The van der Waals surface area contributed by atoms with Crippen molar-refractivity contribution < 1.29 is 8.85 Å². The zero-order valence-corrected chi connectivity index (χ0v) is 13.5. The molecular formula is C13H29NO2Si. The van der Waals surface area contributed by atoms with E-state index in [1.807, 2.05) is 0 Å². The first kappa shape index (κ1) is 15.2. The molecule has 1 unspecified atom stereocenters. The van der Waals surface area contributed by atoms with Gasteiger partial charge in [-0.05, 0) is 31.2 Å². The van der Waals surface area contributed by atoms with Gasteiger partial charge in [-0.3, -0.25) is 4.57 Å². The van der Waals surface area contributed by atoms with Crippen LogP contribution in [0.3, 0.4) is 0 Å². The van der Waals surface area contributed by atoms with Crippen LogP contribution in [0.15, 0.2) is 0 Å². The molecule has 3 nitrogen and oxygen atoms in total. The van der Waals surface area contributed by atoms with Gasteiger partial charge in [-0.1, -0.05) is 34.1 Å². The quantitative estimate of drug-likeness (QED) is 0.725. The molecule has 0 amide bonds. The third-order valence-electron chi connectivity index (χ3n) is 4.43. The lowest BCUT2D eigenvalue weighted by Crippen LogP contribution is -2.65. The highest BCUT2D eigenvalue weighted by molar-refractivity contribution is 6.41. The van der Waals surface area contributed by atoms with E-state index in [0.717, 1.165) is 6.54 Å². The zero-order chi connectivity index (χ0) is 13.1. The van der Waals surface area contributed by atoms with Gasteiger partial charge in [0, 0.05) is 19.8 Å². The molecule has 1 saturated heterocycles. The summed E-state index contributed by atoms with van der Waals surface area (Å²) in [5.41, 5.74) is 0.513. The highest BCUT2D eigenvalue weighted by atomic mass is 28.3. The van der Waals surface area contributed by atoms with Crippen LogP contribution in [0.2, 0.25) is 0 Å². The summed E-state index contributed by atoms with van der Waals surface area (Å²) in [5, 5.41) is 0. The molecule has 1 heterocycles. The first-order valence-corrected chi connectivity index (χ1v) is 8.21. The first-order chi connectivity index (χ1) is 7.93. The largest absolute Gasteiger partial charge is 0.410 e. The molecule has 1 atom stereocenters. The van der Waals surface area contributed by atoms with Gasteiger partial charge in [0.15, 0.2) is 0 Å². The van der Waals surface area contributed by atoms with Gasteiger partial charge < -0.3 is 8.85 Å². The van der Waals surface area contributed by atoms with Gasteiger partial charge in [-0.2, -0.15) is 0 Å². The Morgan fingerprint density at radius 1 is 1.18 bits per heavy atom. The Morgan fingerprint density at radius 3 is 2.18 bits per heavy atom. The minimum absolute atomic E-state index is 0.244. The van der Waals surface area contributed by atoms with Crippen molar-refractivity contribution in [3.8, 4) is 0 Å². The van der Waals surface area contributed by atoms with Crippen LogP contribution in [0.1, 0.15) is 53.4 Å². The summed E-state index contributed by atoms with van der Waals surface area (Å²) in [6.45, 7) is 10.5. The molecule has 17 heavy (non-hydrogen) atoms. The maximum atomic E-state index is 5.63. The second-order valence-electron chi connectivity index (χ2n) is 6.06. The second kappa shape index (κ2) is 5.82. The van der Waals surface area contributed by atoms with Crippen LogP contribution in [0, 0.1) is 5.41 Å². The Bertz CT molecular complexity index is 238. The molecule has 0 N–H and O–H groups in total. The van der Waals surface area contributed by atoms with Gasteiger partial charge in [0.2, 0.25) is 0 Å². The van der Waals surface area contributed by atoms with E-state index in [4.69, 9.17) is 8.85 Å². The maximum absolute atomic E-state index is 5.63. The Balaban J connectivity index is 3.05. The Hall–Kier alpha value is 0.0969. The molecule has 0 saturated carbocycles. The van der Waals surface area contributed by atoms with Crippen LogP contribution in [-0.4, -0.2) is 40.3 Å². The topological polar surface area (TPSA) is 21.7 Å². The molecule has 0 aromatic heterocycles. The standard InChI is InChI=1S/C13H29NO2Si/c1-7-13(12(2,3)4)10-8-9-11-14(13)17(15-5)16-6/h17H,7-11H2,1-6H3. The van der Waals surface area contributed by atoms with Crippen molar-refractivity contribution in [1.29, 1.82) is 0 Å². The minimum Gasteiger partial charge on any atom is -0.388 e. The predicted octanol–water partition coefficient (Wildman–Crippen LogP) is 2.68. The second-order valence-corrected chi connectivity index (χ2v) is 8.24. The molecule has 0 aromatic carbocycles. The molecule has 0 aliphatic carbocycles. The zero-order valence-electron chi connectivity index (χ0n) is 12.4. The molecule has 1 rings (SSSR count). The van der Waals surface area contributed by atoms with Gasteiger partial charge in [0.25, 0.3) is 0 Å². The van der Waals surface area contributed by atoms with E-state index < -0.39 is 9.45 Å². The lowest BCUT2D eigenvalue weighted by atomic mass is 9.67. The van der Waals surface area contributed by atoms with Crippen molar-refractivity contribution in [2.45, 2.75) is 58.9 Å². The van der Waals surface area contributed by atoms with E-state index in [9.17, 15) is 0 Å². The van der Waals surface area contributed by atoms with Crippen LogP contribution in [-0.2, 0) is 8.85 Å². The molecular weight excluding hydrogens is 230 g/mol. The molecule has 0 spiro atoms. The summed E-state index contributed by atoms with van der Waals surface area (Å²) in [6, 6.07) is 0. The van der Waals surface area contributed by atoms with Crippen LogP contribution < -0.4 is 0 Å². The van der Waals surface area contributed by atoms with Gasteiger partial charge in [0.05, 0.1) is 0 Å². The van der Waals surface area contributed by atoms with Crippen LogP contribution in [0.5, 0.6) is 0 Å². The van der Waals surface area contributed by atoms with Crippen molar-refractivity contribution >= 4 is 9.45 Å². The fourth-order valence-corrected chi connectivity index (χ4v) is 5.63. The van der Waals surface area contributed by atoms with Gasteiger partial charge >= 0.3 is 9.45 Å². The molecule has 0 bridgehead atoms. The summed E-state index contributed by atoms with van der Waals surface area (Å²) in [7, 11) is 1.90. The average molecular weight is 259 g/mol. The number of hydrogen-bond acceptors (Lipinski definition) is 3. The third kappa shape index (κ3) is 2.75. The van der Waals surface area contributed by atoms with Crippen LogP contribution >= 0.6 is 0 Å². The van der Waals surface area contributed by atoms with Crippen LogP contribution in [0.25, 0.3) is 0 Å². The number of nitrogens with zero attached hydrogens (tertiary/aromatic N) is 1.